The topological polar surface area (TPSA) is 79.8 Å². The predicted octanol–water partition coefficient (Wildman–Crippen LogP) is 6.33. The minimum absolute atomic E-state index is 0.266. The third-order valence-electron chi connectivity index (χ3n) is 6.05. The van der Waals surface area contributed by atoms with Crippen LogP contribution in [-0.2, 0) is 29.2 Å². The quantitative estimate of drug-likeness (QED) is 0.229. The van der Waals surface area contributed by atoms with E-state index in [0.717, 1.165) is 28.0 Å². The minimum Gasteiger partial charge on any atom is -0.489 e. The van der Waals surface area contributed by atoms with E-state index in [9.17, 15) is 9.90 Å². The second kappa shape index (κ2) is 13.8. The van der Waals surface area contributed by atoms with Crippen LogP contribution in [0.2, 0.25) is 0 Å². The van der Waals surface area contributed by atoms with Crippen LogP contribution in [0.5, 0.6) is 5.75 Å². The van der Waals surface area contributed by atoms with Crippen LogP contribution in [0.4, 0.5) is 4.79 Å². The highest BCUT2D eigenvalue weighted by Gasteiger charge is 2.25. The Balaban J connectivity index is 1.67. The maximum Gasteiger partial charge on any atom is 0.407 e. The van der Waals surface area contributed by atoms with Crippen LogP contribution in [0.1, 0.15) is 56.9 Å². The summed E-state index contributed by atoms with van der Waals surface area (Å²) in [5.74, 6) is 0.732. The molecule has 1 amide bonds. The molecule has 2 atom stereocenters. The van der Waals surface area contributed by atoms with Gasteiger partial charge in [-0.2, -0.15) is 0 Å². The average molecular weight is 553 g/mol. The van der Waals surface area contributed by atoms with Crippen LogP contribution >= 0.6 is 11.6 Å². The number of aliphatic hydroxyl groups is 1. The van der Waals surface area contributed by atoms with E-state index in [2.05, 4.69) is 10.6 Å². The zero-order valence-corrected chi connectivity index (χ0v) is 24.3. The largest absolute Gasteiger partial charge is 0.489 e. The van der Waals surface area contributed by atoms with Gasteiger partial charge in [-0.3, -0.25) is 0 Å². The first-order valence-electron chi connectivity index (χ1n) is 13.3. The van der Waals surface area contributed by atoms with Crippen LogP contribution < -0.4 is 15.4 Å². The second-order valence-electron chi connectivity index (χ2n) is 11.3. The van der Waals surface area contributed by atoms with Crippen LogP contribution in [-0.4, -0.2) is 35.5 Å². The number of aliphatic hydroxyl groups excluding tert-OH is 1. The molecule has 3 rings (SSSR count). The van der Waals surface area contributed by atoms with Gasteiger partial charge in [0.15, 0.2) is 0 Å². The number of alkyl halides is 1. The number of amides is 1. The van der Waals surface area contributed by atoms with Gasteiger partial charge < -0.3 is 25.2 Å². The molecule has 0 spiro atoms. The highest BCUT2D eigenvalue weighted by molar-refractivity contribution is 6.23. The van der Waals surface area contributed by atoms with E-state index in [1.807, 2.05) is 113 Å². The minimum atomic E-state index is -0.848. The van der Waals surface area contributed by atoms with Crippen LogP contribution in [0.3, 0.4) is 0 Å². The zero-order valence-electron chi connectivity index (χ0n) is 23.5. The molecule has 0 aliphatic carbocycles. The fourth-order valence-electron chi connectivity index (χ4n) is 4.05. The molecular formula is C32H41ClN2O4. The molecule has 0 heterocycles. The van der Waals surface area contributed by atoms with E-state index >= 15 is 0 Å². The Hall–Kier alpha value is -3.06. The number of ether oxygens (including phenoxy) is 2. The summed E-state index contributed by atoms with van der Waals surface area (Å²) in [6.07, 6.45) is -0.935. The predicted molar refractivity (Wildman–Crippen MR) is 157 cm³/mol. The Morgan fingerprint density at radius 2 is 1.51 bits per heavy atom. The van der Waals surface area contributed by atoms with Gasteiger partial charge in [-0.05, 0) is 75.4 Å². The van der Waals surface area contributed by atoms with Crippen molar-refractivity contribution in [3.05, 3.63) is 101 Å². The van der Waals surface area contributed by atoms with E-state index in [4.69, 9.17) is 21.1 Å². The molecule has 0 bridgehead atoms. The standard InChI is InChI=1S/C32H41ClN2O4/c1-31(2,3)39-30(37)35-28(18-23-12-8-6-9-13-23)29(36)21-34-20-25-16-26(32(4,5)33)19-27(17-25)38-22-24-14-10-7-11-15-24/h6-17,19,28-29,34,36H,18,20-22H2,1-5H3,(H,35,37). The number of benzene rings is 3. The highest BCUT2D eigenvalue weighted by Crippen LogP contribution is 2.32. The monoisotopic (exact) mass is 552 g/mol. The van der Waals surface area contributed by atoms with Crippen molar-refractivity contribution in [2.75, 3.05) is 6.54 Å². The lowest BCUT2D eigenvalue weighted by molar-refractivity contribution is 0.0422. The molecule has 3 aromatic rings. The summed E-state index contributed by atoms with van der Waals surface area (Å²) in [5, 5.41) is 17.2. The second-order valence-corrected chi connectivity index (χ2v) is 12.2. The smallest absolute Gasteiger partial charge is 0.407 e. The summed E-state index contributed by atoms with van der Waals surface area (Å²) in [6.45, 7) is 10.5. The Bertz CT molecular complexity index is 1170. The lowest BCUT2D eigenvalue weighted by Gasteiger charge is -2.27. The molecule has 0 fully saturated rings. The molecular weight excluding hydrogens is 512 g/mol. The average Bonchev–Trinajstić information content (AvgIpc) is 2.86. The molecule has 0 aromatic heterocycles. The molecule has 7 heteroatoms. The summed E-state index contributed by atoms with van der Waals surface area (Å²) in [6, 6.07) is 25.2. The lowest BCUT2D eigenvalue weighted by atomic mass is 9.99. The molecule has 0 radical (unpaired) electrons. The van der Waals surface area contributed by atoms with E-state index in [0.29, 0.717) is 19.6 Å². The van der Waals surface area contributed by atoms with Crippen LogP contribution in [0, 0.1) is 0 Å². The van der Waals surface area contributed by atoms with Gasteiger partial charge in [-0.15, -0.1) is 11.6 Å². The SMILES string of the molecule is CC(C)(C)OC(=O)NC(Cc1ccccc1)C(O)CNCc1cc(OCc2ccccc2)cc(C(C)(C)Cl)c1. The lowest BCUT2D eigenvalue weighted by Crippen LogP contribution is -2.49. The molecule has 3 aromatic carbocycles. The molecule has 210 valence electrons. The molecule has 0 aliphatic heterocycles. The molecule has 3 N–H and O–H groups in total. The van der Waals surface area contributed by atoms with Crippen LogP contribution in [0.15, 0.2) is 78.9 Å². The maximum absolute atomic E-state index is 12.5. The summed E-state index contributed by atoms with van der Waals surface area (Å²) >= 11 is 6.65. The molecule has 0 saturated carbocycles. The highest BCUT2D eigenvalue weighted by atomic mass is 35.5. The number of carbonyl (C=O) groups is 1. The van der Waals surface area contributed by atoms with Gasteiger partial charge in [0, 0.05) is 13.1 Å². The molecule has 0 aliphatic rings. The van der Waals surface area contributed by atoms with Gasteiger partial charge in [0.2, 0.25) is 0 Å². The number of carbonyl (C=O) groups excluding carboxylic acids is 1. The fraction of sp³-hybridized carbons (Fsp3) is 0.406. The van der Waals surface area contributed by atoms with Crippen molar-refractivity contribution in [1.82, 2.24) is 10.6 Å². The third kappa shape index (κ3) is 10.9. The van der Waals surface area contributed by atoms with E-state index < -0.39 is 28.7 Å². The number of alkyl carbamates (subject to hydrolysis) is 1. The summed E-state index contributed by atoms with van der Waals surface area (Å²) in [7, 11) is 0. The first-order valence-corrected chi connectivity index (χ1v) is 13.7. The van der Waals surface area contributed by atoms with E-state index in [-0.39, 0.29) is 6.54 Å². The Morgan fingerprint density at radius 1 is 0.897 bits per heavy atom. The molecule has 0 saturated heterocycles. The molecule has 39 heavy (non-hydrogen) atoms. The van der Waals surface area contributed by atoms with Gasteiger partial charge >= 0.3 is 6.09 Å². The number of hydrogen-bond donors (Lipinski definition) is 3. The fourth-order valence-corrected chi connectivity index (χ4v) is 4.16. The van der Waals surface area contributed by atoms with Crippen molar-refractivity contribution in [1.29, 1.82) is 0 Å². The Kier molecular flexibility index (Phi) is 10.8. The maximum atomic E-state index is 12.5. The third-order valence-corrected chi connectivity index (χ3v) is 6.27. The van der Waals surface area contributed by atoms with Crippen molar-refractivity contribution in [2.45, 2.75) is 76.8 Å². The number of halogens is 1. The van der Waals surface area contributed by atoms with Crippen molar-refractivity contribution >= 4 is 17.7 Å². The number of rotatable bonds is 12. The molecule has 6 nitrogen and oxygen atoms in total. The van der Waals surface area contributed by atoms with Crippen molar-refractivity contribution in [3.8, 4) is 5.75 Å². The summed E-state index contributed by atoms with van der Waals surface area (Å²) < 4.78 is 11.5. The van der Waals surface area contributed by atoms with Gasteiger partial charge in [0.05, 0.1) is 17.0 Å². The van der Waals surface area contributed by atoms with Gasteiger partial charge in [-0.1, -0.05) is 66.7 Å². The summed E-state index contributed by atoms with van der Waals surface area (Å²) in [4.78, 5) is 11.9. The number of hydrogen-bond acceptors (Lipinski definition) is 5. The Morgan fingerprint density at radius 3 is 2.10 bits per heavy atom. The van der Waals surface area contributed by atoms with Crippen molar-refractivity contribution in [2.24, 2.45) is 0 Å². The first-order chi connectivity index (χ1) is 18.4. The van der Waals surface area contributed by atoms with E-state index in [1.165, 1.54) is 0 Å². The zero-order chi connectivity index (χ0) is 28.5. The van der Waals surface area contributed by atoms with Crippen molar-refractivity contribution in [3.63, 3.8) is 0 Å². The number of nitrogens with one attached hydrogen (secondary N) is 2. The van der Waals surface area contributed by atoms with Crippen molar-refractivity contribution < 1.29 is 19.4 Å². The first kappa shape index (κ1) is 30.5. The van der Waals surface area contributed by atoms with Gasteiger partial charge in [0.1, 0.15) is 18.0 Å². The van der Waals surface area contributed by atoms with Crippen LogP contribution in [0.25, 0.3) is 0 Å². The summed E-state index contributed by atoms with van der Waals surface area (Å²) in [5.41, 5.74) is 3.39. The van der Waals surface area contributed by atoms with Gasteiger partial charge in [-0.25, -0.2) is 4.79 Å². The van der Waals surface area contributed by atoms with E-state index in [1.54, 1.807) is 0 Å². The molecule has 2 unspecified atom stereocenters. The van der Waals surface area contributed by atoms with Gasteiger partial charge in [0.25, 0.3) is 0 Å². The Labute approximate surface area is 237 Å². The normalized spacial score (nSPS) is 13.4.